The zero-order valence-corrected chi connectivity index (χ0v) is 16.9. The fourth-order valence-corrected chi connectivity index (χ4v) is 3.62. The minimum absolute atomic E-state index is 0.133. The van der Waals surface area contributed by atoms with Gasteiger partial charge in [-0.3, -0.25) is 9.69 Å². The van der Waals surface area contributed by atoms with Gasteiger partial charge in [-0.25, -0.2) is 9.97 Å². The molecule has 0 saturated carbocycles. The normalized spacial score (nSPS) is 14.7. The molecular weight excluding hydrogens is 396 g/mol. The molecule has 1 fully saturated rings. The van der Waals surface area contributed by atoms with Crippen LogP contribution >= 0.6 is 0 Å². The van der Waals surface area contributed by atoms with Gasteiger partial charge in [0.05, 0.1) is 36.8 Å². The summed E-state index contributed by atoms with van der Waals surface area (Å²) in [5.41, 5.74) is 2.99. The first kappa shape index (κ1) is 19.5. The number of hydrogen-bond acceptors (Lipinski definition) is 7. The molecule has 31 heavy (non-hydrogen) atoms. The van der Waals surface area contributed by atoms with Gasteiger partial charge >= 0.3 is 0 Å². The van der Waals surface area contributed by atoms with Crippen LogP contribution in [-0.4, -0.2) is 60.2 Å². The highest BCUT2D eigenvalue weighted by molar-refractivity contribution is 5.97. The summed E-state index contributed by atoms with van der Waals surface area (Å²) >= 11 is 0. The number of carbonyl (C=O) groups is 1. The Morgan fingerprint density at radius 2 is 1.61 bits per heavy atom. The lowest BCUT2D eigenvalue weighted by atomic mass is 10.1. The first-order valence-corrected chi connectivity index (χ1v) is 10.3. The van der Waals surface area contributed by atoms with Crippen molar-refractivity contribution < 1.29 is 18.4 Å². The fourth-order valence-electron chi connectivity index (χ4n) is 3.62. The lowest BCUT2D eigenvalue weighted by molar-refractivity contribution is 0.0383. The lowest BCUT2D eigenvalue weighted by Gasteiger charge is -2.26. The van der Waals surface area contributed by atoms with Gasteiger partial charge in [-0.05, 0) is 42.5 Å². The quantitative estimate of drug-likeness (QED) is 0.514. The fraction of sp³-hybridized carbons (Fsp3) is 0.261. The lowest BCUT2D eigenvalue weighted by Crippen LogP contribution is -2.41. The molecule has 3 aromatic heterocycles. The molecule has 1 aromatic carbocycles. The van der Waals surface area contributed by atoms with Crippen molar-refractivity contribution in [1.82, 2.24) is 20.2 Å². The molecule has 4 heterocycles. The second kappa shape index (κ2) is 8.71. The largest absolute Gasteiger partial charge is 0.463 e. The van der Waals surface area contributed by atoms with Crippen LogP contribution in [0.3, 0.4) is 0 Å². The van der Waals surface area contributed by atoms with E-state index in [1.165, 1.54) is 0 Å². The van der Waals surface area contributed by atoms with E-state index >= 15 is 0 Å². The van der Waals surface area contributed by atoms with Gasteiger partial charge in [0.1, 0.15) is 11.4 Å². The Hall–Kier alpha value is -3.49. The summed E-state index contributed by atoms with van der Waals surface area (Å²) in [6.45, 7) is 4.67. The van der Waals surface area contributed by atoms with E-state index in [9.17, 15) is 4.79 Å². The predicted molar refractivity (Wildman–Crippen MR) is 115 cm³/mol. The van der Waals surface area contributed by atoms with E-state index in [0.717, 1.165) is 32.8 Å². The predicted octanol–water partition coefficient (Wildman–Crippen LogP) is 3.21. The van der Waals surface area contributed by atoms with Crippen LogP contribution in [0.2, 0.25) is 0 Å². The summed E-state index contributed by atoms with van der Waals surface area (Å²) in [5.74, 6) is 1.05. The van der Waals surface area contributed by atoms with Crippen LogP contribution in [0.25, 0.3) is 33.9 Å². The number of ether oxygens (including phenoxy) is 1. The molecule has 0 radical (unpaired) electrons. The van der Waals surface area contributed by atoms with E-state index < -0.39 is 0 Å². The third kappa shape index (κ3) is 4.21. The third-order valence-electron chi connectivity index (χ3n) is 5.25. The molecule has 1 amide bonds. The van der Waals surface area contributed by atoms with Crippen LogP contribution in [0, 0.1) is 0 Å². The molecule has 5 rings (SSSR count). The SMILES string of the molecule is O=C(NCCN1CCOCC1)c1ccc2nc(-c3ccco3)c(-c3ccco3)nc2c1. The van der Waals surface area contributed by atoms with Crippen LogP contribution in [0.15, 0.2) is 63.8 Å². The monoisotopic (exact) mass is 418 g/mol. The average molecular weight is 418 g/mol. The summed E-state index contributed by atoms with van der Waals surface area (Å²) in [6.07, 6.45) is 3.18. The number of amides is 1. The van der Waals surface area contributed by atoms with Gasteiger partial charge < -0.3 is 18.9 Å². The van der Waals surface area contributed by atoms with Gasteiger partial charge in [0.15, 0.2) is 11.5 Å². The highest BCUT2D eigenvalue weighted by Crippen LogP contribution is 2.31. The minimum Gasteiger partial charge on any atom is -0.463 e. The first-order valence-electron chi connectivity index (χ1n) is 10.3. The molecule has 0 bridgehead atoms. The van der Waals surface area contributed by atoms with Crippen LogP contribution < -0.4 is 5.32 Å². The van der Waals surface area contributed by atoms with Crippen molar-refractivity contribution in [3.8, 4) is 22.9 Å². The van der Waals surface area contributed by atoms with Gasteiger partial charge in [-0.1, -0.05) is 0 Å². The van der Waals surface area contributed by atoms with Gasteiger partial charge in [-0.2, -0.15) is 0 Å². The molecule has 0 unspecified atom stereocenters. The number of benzene rings is 1. The molecule has 0 aliphatic carbocycles. The zero-order valence-electron chi connectivity index (χ0n) is 16.9. The summed E-state index contributed by atoms with van der Waals surface area (Å²) in [5, 5.41) is 2.98. The maximum atomic E-state index is 12.7. The van der Waals surface area contributed by atoms with Gasteiger partial charge in [0.25, 0.3) is 5.91 Å². The summed E-state index contributed by atoms with van der Waals surface area (Å²) in [7, 11) is 0. The maximum Gasteiger partial charge on any atom is 0.251 e. The molecule has 0 spiro atoms. The van der Waals surface area contributed by atoms with Crippen LogP contribution in [-0.2, 0) is 4.74 Å². The smallest absolute Gasteiger partial charge is 0.251 e. The number of aromatic nitrogens is 2. The van der Waals surface area contributed by atoms with Crippen LogP contribution in [0.5, 0.6) is 0 Å². The van der Waals surface area contributed by atoms with E-state index in [2.05, 4.69) is 10.2 Å². The molecule has 1 saturated heterocycles. The maximum absolute atomic E-state index is 12.7. The zero-order chi connectivity index (χ0) is 21.0. The van der Waals surface area contributed by atoms with Crippen molar-refractivity contribution >= 4 is 16.9 Å². The number of fused-ring (bicyclic) bond motifs is 1. The first-order chi connectivity index (χ1) is 15.3. The van der Waals surface area contributed by atoms with Crippen molar-refractivity contribution in [1.29, 1.82) is 0 Å². The van der Waals surface area contributed by atoms with E-state index in [0.29, 0.717) is 46.0 Å². The average Bonchev–Trinajstić information content (AvgIpc) is 3.53. The number of morpholine rings is 1. The van der Waals surface area contributed by atoms with Gasteiger partial charge in [-0.15, -0.1) is 0 Å². The molecule has 8 nitrogen and oxygen atoms in total. The second-order valence-electron chi connectivity index (χ2n) is 7.29. The number of carbonyl (C=O) groups excluding carboxylic acids is 1. The number of nitrogens with one attached hydrogen (secondary N) is 1. The summed E-state index contributed by atoms with van der Waals surface area (Å²) in [6, 6.07) is 12.6. The summed E-state index contributed by atoms with van der Waals surface area (Å²) in [4.78, 5) is 24.4. The van der Waals surface area contributed by atoms with Crippen molar-refractivity contribution in [2.45, 2.75) is 0 Å². The standard InChI is InChI=1S/C23H22N4O4/c28-23(24-7-8-27-9-13-29-14-10-27)16-5-6-17-18(15-16)26-22(20-4-2-12-31-20)21(25-17)19-3-1-11-30-19/h1-6,11-12,15H,7-10,13-14H2,(H,24,28). The second-order valence-corrected chi connectivity index (χ2v) is 7.29. The Labute approximate surface area is 178 Å². The van der Waals surface area contributed by atoms with E-state index in [-0.39, 0.29) is 5.91 Å². The van der Waals surface area contributed by atoms with Crippen molar-refractivity contribution in [3.05, 3.63) is 60.6 Å². The van der Waals surface area contributed by atoms with Crippen molar-refractivity contribution in [2.75, 3.05) is 39.4 Å². The van der Waals surface area contributed by atoms with Gasteiger partial charge in [0.2, 0.25) is 0 Å². The number of nitrogens with zero attached hydrogens (tertiary/aromatic N) is 3. The minimum atomic E-state index is -0.133. The van der Waals surface area contributed by atoms with E-state index in [1.54, 1.807) is 42.9 Å². The molecule has 1 aliphatic heterocycles. The van der Waals surface area contributed by atoms with E-state index in [4.69, 9.17) is 23.5 Å². The Morgan fingerprint density at radius 3 is 2.26 bits per heavy atom. The van der Waals surface area contributed by atoms with Crippen LogP contribution in [0.1, 0.15) is 10.4 Å². The Bertz CT molecular complexity index is 1170. The molecule has 0 atom stereocenters. The molecule has 1 aliphatic rings. The van der Waals surface area contributed by atoms with E-state index in [1.807, 2.05) is 12.1 Å². The van der Waals surface area contributed by atoms with Gasteiger partial charge in [0, 0.05) is 31.7 Å². The van der Waals surface area contributed by atoms with Crippen molar-refractivity contribution in [3.63, 3.8) is 0 Å². The highest BCUT2D eigenvalue weighted by Gasteiger charge is 2.18. The molecule has 4 aromatic rings. The summed E-state index contributed by atoms with van der Waals surface area (Å²) < 4.78 is 16.5. The van der Waals surface area contributed by atoms with Crippen molar-refractivity contribution in [2.24, 2.45) is 0 Å². The number of rotatable bonds is 6. The number of hydrogen-bond donors (Lipinski definition) is 1. The van der Waals surface area contributed by atoms with Crippen LogP contribution in [0.4, 0.5) is 0 Å². The molecule has 158 valence electrons. The highest BCUT2D eigenvalue weighted by atomic mass is 16.5. The molecular formula is C23H22N4O4. The third-order valence-corrected chi connectivity index (χ3v) is 5.25. The Morgan fingerprint density at radius 1 is 0.935 bits per heavy atom. The molecule has 8 heteroatoms. The topological polar surface area (TPSA) is 93.6 Å². The Balaban J connectivity index is 1.40. The Kier molecular flexibility index (Phi) is 5.47. The number of furan rings is 2. The molecule has 1 N–H and O–H groups in total.